The van der Waals surface area contributed by atoms with Crippen molar-refractivity contribution < 1.29 is 22.7 Å². The number of nitrogens with one attached hydrogen (secondary N) is 2. The number of aromatic nitrogens is 2. The minimum Gasteiger partial charge on any atom is -0.492 e. The average Bonchev–Trinajstić information content (AvgIpc) is 3.35. The maximum Gasteiger partial charge on any atom is 0.416 e. The largest absolute Gasteiger partial charge is 0.492 e. The van der Waals surface area contributed by atoms with Crippen LogP contribution in [0.5, 0.6) is 5.75 Å². The molecule has 4 rings (SSSR count). The van der Waals surface area contributed by atoms with Gasteiger partial charge in [-0.1, -0.05) is 0 Å². The number of nitrogens with zero attached hydrogens (tertiary/aromatic N) is 3. The minimum atomic E-state index is -4.60. The molecule has 0 saturated carbocycles. The van der Waals surface area contributed by atoms with E-state index in [0.29, 0.717) is 18.4 Å². The fourth-order valence-corrected chi connectivity index (χ4v) is 4.44. The van der Waals surface area contributed by atoms with E-state index in [0.717, 1.165) is 37.1 Å². The smallest absolute Gasteiger partial charge is 0.416 e. The van der Waals surface area contributed by atoms with Crippen LogP contribution in [0.3, 0.4) is 0 Å². The predicted octanol–water partition coefficient (Wildman–Crippen LogP) is 5.61. The highest BCUT2D eigenvalue weighted by Gasteiger charge is 2.32. The summed E-state index contributed by atoms with van der Waals surface area (Å²) in [6, 6.07) is 10.6. The van der Waals surface area contributed by atoms with E-state index < -0.39 is 17.6 Å². The number of ether oxygens (including phenoxy) is 1. The Balaban J connectivity index is 1.51. The standard InChI is InChI=1S/C27H30F3N5O2/c1-18(2)35-12-4-5-22(35)17-37-23-14-20(27(28,29)30)13-21(15-23)34-26(36)24-6-3-9-32-25(24)33-16-19-7-10-31-11-8-19/h3,6-11,13-15,18,22H,4-5,12,16-17H2,1-2H3,(H,32,33)(H,34,36)/t22-/m0/s1. The van der Waals surface area contributed by atoms with Crippen molar-refractivity contribution in [2.75, 3.05) is 23.8 Å². The third-order valence-electron chi connectivity index (χ3n) is 6.28. The Morgan fingerprint density at radius 3 is 2.68 bits per heavy atom. The number of hydrogen-bond donors (Lipinski definition) is 2. The first-order valence-electron chi connectivity index (χ1n) is 12.2. The Morgan fingerprint density at radius 1 is 1.16 bits per heavy atom. The molecule has 2 aromatic heterocycles. The number of carbonyl (C=O) groups excluding carboxylic acids is 1. The Bertz CT molecular complexity index is 1200. The van der Waals surface area contributed by atoms with Gasteiger partial charge in [0.05, 0.1) is 11.1 Å². The first-order valence-corrected chi connectivity index (χ1v) is 12.2. The van der Waals surface area contributed by atoms with Crippen molar-refractivity contribution in [3.8, 4) is 5.75 Å². The third kappa shape index (κ3) is 6.97. The second kappa shape index (κ2) is 11.6. The highest BCUT2D eigenvalue weighted by Crippen LogP contribution is 2.35. The zero-order valence-electron chi connectivity index (χ0n) is 20.8. The lowest BCUT2D eigenvalue weighted by molar-refractivity contribution is -0.137. The number of anilines is 2. The molecule has 1 aromatic carbocycles. The molecule has 1 aliphatic rings. The van der Waals surface area contributed by atoms with Gasteiger partial charge in [-0.15, -0.1) is 0 Å². The first-order chi connectivity index (χ1) is 17.7. The van der Waals surface area contributed by atoms with E-state index in [1.807, 2.05) is 12.1 Å². The summed E-state index contributed by atoms with van der Waals surface area (Å²) in [7, 11) is 0. The Morgan fingerprint density at radius 2 is 1.95 bits per heavy atom. The summed E-state index contributed by atoms with van der Waals surface area (Å²) in [5.41, 5.74) is 0.237. The molecular formula is C27H30F3N5O2. The van der Waals surface area contributed by atoms with Crippen LogP contribution in [0.15, 0.2) is 61.1 Å². The Labute approximate surface area is 214 Å². The van der Waals surface area contributed by atoms with Crippen molar-refractivity contribution in [2.24, 2.45) is 0 Å². The number of likely N-dealkylation sites (tertiary alicyclic amines) is 1. The maximum absolute atomic E-state index is 13.6. The van der Waals surface area contributed by atoms with E-state index in [4.69, 9.17) is 4.74 Å². The average molecular weight is 514 g/mol. The lowest BCUT2D eigenvalue weighted by Crippen LogP contribution is -2.39. The minimum absolute atomic E-state index is 0.00843. The molecule has 2 N–H and O–H groups in total. The summed E-state index contributed by atoms with van der Waals surface area (Å²) in [6.45, 7) is 5.80. The number of hydrogen-bond acceptors (Lipinski definition) is 6. The van der Waals surface area contributed by atoms with Crippen LogP contribution in [0.1, 0.15) is 48.2 Å². The molecule has 1 atom stereocenters. The molecule has 0 unspecified atom stereocenters. The van der Waals surface area contributed by atoms with Crippen molar-refractivity contribution in [3.63, 3.8) is 0 Å². The van der Waals surface area contributed by atoms with Crippen molar-refractivity contribution in [3.05, 3.63) is 77.7 Å². The van der Waals surface area contributed by atoms with Crippen molar-refractivity contribution in [2.45, 2.75) is 51.5 Å². The van der Waals surface area contributed by atoms with Crippen molar-refractivity contribution in [1.82, 2.24) is 14.9 Å². The van der Waals surface area contributed by atoms with Crippen LogP contribution in [0, 0.1) is 0 Å². The molecule has 1 saturated heterocycles. The Kier molecular flexibility index (Phi) is 8.27. The molecule has 1 aliphatic heterocycles. The van der Waals surface area contributed by atoms with Gasteiger partial charge in [0.2, 0.25) is 0 Å². The fourth-order valence-electron chi connectivity index (χ4n) is 4.44. The van der Waals surface area contributed by atoms with Crippen LogP contribution < -0.4 is 15.4 Å². The molecular weight excluding hydrogens is 483 g/mol. The van der Waals surface area contributed by atoms with E-state index in [1.54, 1.807) is 24.5 Å². The highest BCUT2D eigenvalue weighted by molar-refractivity contribution is 6.07. The van der Waals surface area contributed by atoms with Gasteiger partial charge >= 0.3 is 6.18 Å². The SMILES string of the molecule is CC(C)N1CCC[C@H]1COc1cc(NC(=O)c2cccnc2NCc2ccncc2)cc(C(F)(F)F)c1. The summed E-state index contributed by atoms with van der Waals surface area (Å²) in [5, 5.41) is 5.68. The number of carbonyl (C=O) groups is 1. The van der Waals surface area contributed by atoms with Gasteiger partial charge in [-0.3, -0.25) is 14.7 Å². The molecule has 3 heterocycles. The van der Waals surface area contributed by atoms with E-state index in [9.17, 15) is 18.0 Å². The van der Waals surface area contributed by atoms with Crippen LogP contribution in [-0.2, 0) is 12.7 Å². The zero-order chi connectivity index (χ0) is 26.4. The Hall–Kier alpha value is -3.66. The van der Waals surface area contributed by atoms with Gasteiger partial charge in [0, 0.05) is 49.0 Å². The van der Waals surface area contributed by atoms with Gasteiger partial charge in [-0.05, 0) is 75.2 Å². The second-order valence-electron chi connectivity index (χ2n) is 9.25. The number of amides is 1. The van der Waals surface area contributed by atoms with Crippen LogP contribution >= 0.6 is 0 Å². The summed E-state index contributed by atoms with van der Waals surface area (Å²) < 4.78 is 46.7. The zero-order valence-corrected chi connectivity index (χ0v) is 20.8. The van der Waals surface area contributed by atoms with E-state index in [1.165, 1.54) is 12.3 Å². The summed E-state index contributed by atoms with van der Waals surface area (Å²) in [6.07, 6.45) is 2.20. The van der Waals surface area contributed by atoms with Crippen LogP contribution in [0.25, 0.3) is 0 Å². The van der Waals surface area contributed by atoms with Crippen LogP contribution in [0.4, 0.5) is 24.7 Å². The van der Waals surface area contributed by atoms with Gasteiger partial charge in [-0.2, -0.15) is 13.2 Å². The summed E-state index contributed by atoms with van der Waals surface area (Å²) in [5.74, 6) is -0.212. The molecule has 0 spiro atoms. The normalized spacial score (nSPS) is 16.1. The second-order valence-corrected chi connectivity index (χ2v) is 9.25. The molecule has 0 bridgehead atoms. The molecule has 1 amide bonds. The van der Waals surface area contributed by atoms with E-state index in [2.05, 4.69) is 39.3 Å². The highest BCUT2D eigenvalue weighted by atomic mass is 19.4. The molecule has 7 nitrogen and oxygen atoms in total. The predicted molar refractivity (Wildman–Crippen MR) is 136 cm³/mol. The third-order valence-corrected chi connectivity index (χ3v) is 6.28. The topological polar surface area (TPSA) is 79.4 Å². The molecule has 37 heavy (non-hydrogen) atoms. The van der Waals surface area contributed by atoms with Gasteiger partial charge in [-0.25, -0.2) is 4.98 Å². The molecule has 0 aliphatic carbocycles. The number of benzene rings is 1. The quantitative estimate of drug-likeness (QED) is 0.387. The van der Waals surface area contributed by atoms with Crippen molar-refractivity contribution >= 4 is 17.4 Å². The fraction of sp³-hybridized carbons (Fsp3) is 0.370. The molecule has 0 radical (unpaired) electrons. The lowest BCUT2D eigenvalue weighted by Gasteiger charge is -2.28. The molecule has 196 valence electrons. The first kappa shape index (κ1) is 26.4. The number of pyridine rings is 2. The summed E-state index contributed by atoms with van der Waals surface area (Å²) in [4.78, 5) is 23.6. The van der Waals surface area contributed by atoms with Crippen molar-refractivity contribution in [1.29, 1.82) is 0 Å². The van der Waals surface area contributed by atoms with E-state index in [-0.39, 0.29) is 29.6 Å². The van der Waals surface area contributed by atoms with Gasteiger partial charge < -0.3 is 15.4 Å². The van der Waals surface area contributed by atoms with Gasteiger partial charge in [0.1, 0.15) is 18.2 Å². The summed E-state index contributed by atoms with van der Waals surface area (Å²) >= 11 is 0. The maximum atomic E-state index is 13.6. The molecule has 1 fully saturated rings. The van der Waals surface area contributed by atoms with E-state index >= 15 is 0 Å². The van der Waals surface area contributed by atoms with Crippen LogP contribution in [-0.4, -0.2) is 46.0 Å². The number of halogens is 3. The van der Waals surface area contributed by atoms with Crippen LogP contribution in [0.2, 0.25) is 0 Å². The molecule has 10 heteroatoms. The number of alkyl halides is 3. The number of rotatable bonds is 9. The lowest BCUT2D eigenvalue weighted by atomic mass is 10.1. The van der Waals surface area contributed by atoms with Gasteiger partial charge in [0.15, 0.2) is 0 Å². The monoisotopic (exact) mass is 513 g/mol. The molecule has 3 aromatic rings. The van der Waals surface area contributed by atoms with Gasteiger partial charge in [0.25, 0.3) is 5.91 Å².